The highest BCUT2D eigenvalue weighted by molar-refractivity contribution is 6.46. The zero-order chi connectivity index (χ0) is 24.6. The normalized spacial score (nSPS) is 21.3. The number of nitrogens with zero attached hydrogens (tertiary/aromatic N) is 2. The van der Waals surface area contributed by atoms with Crippen LogP contribution in [0.3, 0.4) is 0 Å². The first-order valence-corrected chi connectivity index (χ1v) is 11.7. The van der Waals surface area contributed by atoms with E-state index in [1.165, 1.54) is 0 Å². The van der Waals surface area contributed by atoms with Crippen molar-refractivity contribution in [2.75, 3.05) is 27.2 Å². The van der Waals surface area contributed by atoms with Gasteiger partial charge in [0.05, 0.1) is 17.7 Å². The van der Waals surface area contributed by atoms with E-state index in [2.05, 4.69) is 0 Å². The van der Waals surface area contributed by atoms with Crippen molar-refractivity contribution in [2.45, 2.75) is 45.4 Å². The molecule has 0 aliphatic carbocycles. The van der Waals surface area contributed by atoms with Gasteiger partial charge in [-0.15, -0.1) is 0 Å². The summed E-state index contributed by atoms with van der Waals surface area (Å²) in [5.41, 5.74) is 2.33. The van der Waals surface area contributed by atoms with Crippen LogP contribution < -0.4 is 9.47 Å². The summed E-state index contributed by atoms with van der Waals surface area (Å²) in [4.78, 5) is 29.7. The molecule has 0 aromatic heterocycles. The van der Waals surface area contributed by atoms with Crippen LogP contribution in [0.25, 0.3) is 5.76 Å². The number of aliphatic hydroxyl groups is 1. The SMILES string of the molecule is CC(C)Oc1ccc(C2/C(=C(/O)c3ccc4c(c3)CC(C)O4)C(=O)C(=O)N2CCN(C)C)cc1. The zero-order valence-electron chi connectivity index (χ0n) is 20.4. The number of amides is 1. The standard InChI is InChI=1S/C27H32N2O5/c1-16(2)33-21-9-6-18(7-10-21)24-23(26(31)27(32)29(24)13-12-28(4)5)25(30)19-8-11-22-20(15-19)14-17(3)34-22/h6-11,15-17,24,30H,12-14H2,1-5H3/b25-23-. The number of likely N-dealkylation sites (tertiary alicyclic amines) is 1. The molecule has 0 spiro atoms. The molecule has 2 aromatic carbocycles. The van der Waals surface area contributed by atoms with Gasteiger partial charge in [-0.25, -0.2) is 0 Å². The van der Waals surface area contributed by atoms with Gasteiger partial charge in [0.1, 0.15) is 23.4 Å². The third-order valence-corrected chi connectivity index (χ3v) is 6.07. The van der Waals surface area contributed by atoms with Crippen LogP contribution in [-0.4, -0.2) is 66.0 Å². The molecular weight excluding hydrogens is 432 g/mol. The molecule has 2 atom stereocenters. The maximum Gasteiger partial charge on any atom is 0.295 e. The highest BCUT2D eigenvalue weighted by atomic mass is 16.5. The van der Waals surface area contributed by atoms with Crippen LogP contribution in [0.2, 0.25) is 0 Å². The third-order valence-electron chi connectivity index (χ3n) is 6.07. The summed E-state index contributed by atoms with van der Waals surface area (Å²) in [6.07, 6.45) is 0.827. The Morgan fingerprint density at radius 3 is 2.53 bits per heavy atom. The number of ketones is 1. The summed E-state index contributed by atoms with van der Waals surface area (Å²) in [5.74, 6) is 0.0491. The molecule has 0 bridgehead atoms. The van der Waals surface area contributed by atoms with Crippen LogP contribution in [-0.2, 0) is 16.0 Å². The number of hydrogen-bond acceptors (Lipinski definition) is 6. The Bertz CT molecular complexity index is 1120. The molecule has 7 nitrogen and oxygen atoms in total. The van der Waals surface area contributed by atoms with Crippen molar-refractivity contribution in [3.8, 4) is 11.5 Å². The summed E-state index contributed by atoms with van der Waals surface area (Å²) < 4.78 is 11.5. The Kier molecular flexibility index (Phi) is 6.66. The van der Waals surface area contributed by atoms with Crippen LogP contribution >= 0.6 is 0 Å². The van der Waals surface area contributed by atoms with Gasteiger partial charge in [-0.2, -0.15) is 0 Å². The molecule has 1 fully saturated rings. The average molecular weight is 465 g/mol. The van der Waals surface area contributed by atoms with Crippen molar-refractivity contribution < 1.29 is 24.2 Å². The zero-order valence-corrected chi connectivity index (χ0v) is 20.4. The van der Waals surface area contributed by atoms with Crippen molar-refractivity contribution in [2.24, 2.45) is 0 Å². The van der Waals surface area contributed by atoms with Gasteiger partial charge in [0, 0.05) is 25.1 Å². The van der Waals surface area contributed by atoms with E-state index in [4.69, 9.17) is 9.47 Å². The van der Waals surface area contributed by atoms with Crippen molar-refractivity contribution in [1.82, 2.24) is 9.80 Å². The summed E-state index contributed by atoms with van der Waals surface area (Å²) in [7, 11) is 3.83. The van der Waals surface area contributed by atoms with E-state index in [0.29, 0.717) is 24.4 Å². The first-order chi connectivity index (χ1) is 16.2. The highest BCUT2D eigenvalue weighted by Crippen LogP contribution is 2.40. The number of benzene rings is 2. The van der Waals surface area contributed by atoms with Crippen LogP contribution in [0.15, 0.2) is 48.0 Å². The van der Waals surface area contributed by atoms with Gasteiger partial charge in [-0.1, -0.05) is 12.1 Å². The molecule has 7 heteroatoms. The van der Waals surface area contributed by atoms with Gasteiger partial charge in [0.15, 0.2) is 0 Å². The Morgan fingerprint density at radius 2 is 1.88 bits per heavy atom. The van der Waals surface area contributed by atoms with E-state index in [-0.39, 0.29) is 23.5 Å². The largest absolute Gasteiger partial charge is 0.507 e. The summed E-state index contributed by atoms with van der Waals surface area (Å²) in [5, 5.41) is 11.3. The highest BCUT2D eigenvalue weighted by Gasteiger charge is 2.46. The predicted molar refractivity (Wildman–Crippen MR) is 130 cm³/mol. The number of fused-ring (bicyclic) bond motifs is 1. The maximum absolute atomic E-state index is 13.2. The number of Topliss-reactive ketones (excluding diaryl/α,β-unsaturated/α-hetero) is 1. The van der Waals surface area contributed by atoms with E-state index in [1.54, 1.807) is 11.0 Å². The topological polar surface area (TPSA) is 79.3 Å². The molecular formula is C27H32N2O5. The Morgan fingerprint density at radius 1 is 1.18 bits per heavy atom. The second-order valence-corrected chi connectivity index (χ2v) is 9.49. The third kappa shape index (κ3) is 4.66. The molecule has 4 rings (SSSR count). The first-order valence-electron chi connectivity index (χ1n) is 11.7. The van der Waals surface area contributed by atoms with E-state index in [1.807, 2.05) is 76.2 Å². The molecule has 1 N–H and O–H groups in total. The second-order valence-electron chi connectivity index (χ2n) is 9.49. The van der Waals surface area contributed by atoms with Crippen molar-refractivity contribution in [3.05, 3.63) is 64.7 Å². The van der Waals surface area contributed by atoms with E-state index in [0.717, 1.165) is 23.3 Å². The fraction of sp³-hybridized carbons (Fsp3) is 0.407. The Labute approximate surface area is 200 Å². The van der Waals surface area contributed by atoms with Gasteiger partial charge in [-0.05, 0) is 76.3 Å². The van der Waals surface area contributed by atoms with Crippen LogP contribution in [0.1, 0.15) is 43.5 Å². The average Bonchev–Trinajstić information content (AvgIpc) is 3.27. The Hall–Kier alpha value is -3.32. The summed E-state index contributed by atoms with van der Waals surface area (Å²) >= 11 is 0. The van der Waals surface area contributed by atoms with E-state index in [9.17, 15) is 14.7 Å². The fourth-order valence-electron chi connectivity index (χ4n) is 4.49. The van der Waals surface area contributed by atoms with Crippen LogP contribution in [0.5, 0.6) is 11.5 Å². The fourth-order valence-corrected chi connectivity index (χ4v) is 4.49. The number of likely N-dealkylation sites (N-methyl/N-ethyl adjacent to an activating group) is 1. The lowest BCUT2D eigenvalue weighted by Crippen LogP contribution is -2.35. The minimum absolute atomic E-state index is 0.0306. The molecule has 0 saturated carbocycles. The number of ether oxygens (including phenoxy) is 2. The van der Waals surface area contributed by atoms with Gasteiger partial charge >= 0.3 is 0 Å². The molecule has 2 aromatic rings. The summed E-state index contributed by atoms with van der Waals surface area (Å²) in [6.45, 7) is 6.84. The van der Waals surface area contributed by atoms with E-state index < -0.39 is 17.7 Å². The molecule has 2 heterocycles. The number of hydrogen-bond donors (Lipinski definition) is 1. The predicted octanol–water partition coefficient (Wildman–Crippen LogP) is 3.78. The maximum atomic E-state index is 13.2. The van der Waals surface area contributed by atoms with Crippen LogP contribution in [0, 0.1) is 0 Å². The van der Waals surface area contributed by atoms with Gasteiger partial charge in [0.2, 0.25) is 0 Å². The van der Waals surface area contributed by atoms with Crippen molar-refractivity contribution in [1.29, 1.82) is 0 Å². The lowest BCUT2D eigenvalue weighted by molar-refractivity contribution is -0.140. The lowest BCUT2D eigenvalue weighted by Gasteiger charge is -2.26. The minimum Gasteiger partial charge on any atom is -0.507 e. The molecule has 34 heavy (non-hydrogen) atoms. The van der Waals surface area contributed by atoms with Gasteiger partial charge in [-0.3, -0.25) is 9.59 Å². The van der Waals surface area contributed by atoms with Crippen LogP contribution in [0.4, 0.5) is 0 Å². The molecule has 2 unspecified atom stereocenters. The number of rotatable bonds is 7. The van der Waals surface area contributed by atoms with E-state index >= 15 is 0 Å². The molecule has 2 aliphatic heterocycles. The second kappa shape index (κ2) is 9.50. The molecule has 2 aliphatic rings. The number of carbonyl (C=O) groups is 2. The minimum atomic E-state index is -0.684. The quantitative estimate of drug-likeness (QED) is 0.382. The summed E-state index contributed by atoms with van der Waals surface area (Å²) in [6, 6.07) is 12.1. The smallest absolute Gasteiger partial charge is 0.295 e. The Balaban J connectivity index is 1.78. The van der Waals surface area contributed by atoms with Crippen molar-refractivity contribution in [3.63, 3.8) is 0 Å². The molecule has 1 saturated heterocycles. The molecule has 0 radical (unpaired) electrons. The monoisotopic (exact) mass is 464 g/mol. The molecule has 1 amide bonds. The van der Waals surface area contributed by atoms with Gasteiger partial charge < -0.3 is 24.4 Å². The number of carbonyl (C=O) groups excluding carboxylic acids is 2. The van der Waals surface area contributed by atoms with Gasteiger partial charge in [0.25, 0.3) is 11.7 Å². The first kappa shape index (κ1) is 23.8. The number of aliphatic hydroxyl groups excluding tert-OH is 1. The molecule has 180 valence electrons. The van der Waals surface area contributed by atoms with Crippen molar-refractivity contribution >= 4 is 17.4 Å². The lowest BCUT2D eigenvalue weighted by atomic mass is 9.94.